The molecule has 6 nitrogen and oxygen atoms in total. The van der Waals surface area contributed by atoms with Gasteiger partial charge in [-0.2, -0.15) is 0 Å². The maximum absolute atomic E-state index is 11.9. The summed E-state index contributed by atoms with van der Waals surface area (Å²) in [5, 5.41) is 6.03. The first-order valence-electron chi connectivity index (χ1n) is 7.44. The van der Waals surface area contributed by atoms with Gasteiger partial charge in [-0.1, -0.05) is 11.6 Å². The summed E-state index contributed by atoms with van der Waals surface area (Å²) in [5.41, 5.74) is 0.652. The zero-order chi connectivity index (χ0) is 18.1. The maximum Gasteiger partial charge on any atom is 0.239 e. The van der Waals surface area contributed by atoms with E-state index in [0.717, 1.165) is 0 Å². The standard InChI is InChI=1S/C16H22ClN3O3S/c1-11(2)18-14(21)8-20(3)16(23)10-24-9-15(22)19-13-6-4-12(17)5-7-13/h4-7,11H,8-10H2,1-3H3,(H,18,21)(H,19,22). The number of hydrogen-bond donors (Lipinski definition) is 2. The number of nitrogens with one attached hydrogen (secondary N) is 2. The summed E-state index contributed by atoms with van der Waals surface area (Å²) in [6.07, 6.45) is 0. The lowest BCUT2D eigenvalue weighted by Crippen LogP contribution is -2.41. The Morgan fingerprint density at radius 1 is 1.12 bits per heavy atom. The first-order chi connectivity index (χ1) is 11.3. The van der Waals surface area contributed by atoms with Crippen LogP contribution < -0.4 is 10.6 Å². The molecule has 0 unspecified atom stereocenters. The molecular weight excluding hydrogens is 350 g/mol. The fraction of sp³-hybridized carbons (Fsp3) is 0.438. The fourth-order valence-electron chi connectivity index (χ4n) is 1.74. The van der Waals surface area contributed by atoms with Crippen LogP contribution in [0, 0.1) is 0 Å². The second-order valence-corrected chi connectivity index (χ2v) is 6.94. The lowest BCUT2D eigenvalue weighted by molar-refractivity contribution is -0.132. The highest BCUT2D eigenvalue weighted by molar-refractivity contribution is 8.00. The molecule has 24 heavy (non-hydrogen) atoms. The first kappa shape index (κ1) is 20.3. The Balaban J connectivity index is 2.27. The zero-order valence-corrected chi connectivity index (χ0v) is 15.5. The Bertz CT molecular complexity index is 578. The van der Waals surface area contributed by atoms with Crippen LogP contribution in [0.3, 0.4) is 0 Å². The molecule has 0 saturated heterocycles. The molecule has 0 aromatic heterocycles. The lowest BCUT2D eigenvalue weighted by Gasteiger charge is -2.17. The van der Waals surface area contributed by atoms with Gasteiger partial charge in [0, 0.05) is 23.8 Å². The maximum atomic E-state index is 11.9. The molecule has 1 rings (SSSR count). The number of thioether (sulfide) groups is 1. The van der Waals surface area contributed by atoms with Gasteiger partial charge in [-0.15, -0.1) is 11.8 Å². The lowest BCUT2D eigenvalue weighted by atomic mass is 10.3. The number of carbonyl (C=O) groups is 3. The number of carbonyl (C=O) groups excluding carboxylic acids is 3. The van der Waals surface area contributed by atoms with E-state index in [1.807, 2.05) is 13.8 Å². The van der Waals surface area contributed by atoms with Crippen molar-refractivity contribution in [1.29, 1.82) is 0 Å². The van der Waals surface area contributed by atoms with Crippen molar-refractivity contribution in [2.24, 2.45) is 0 Å². The molecule has 0 spiro atoms. The van der Waals surface area contributed by atoms with Gasteiger partial charge in [0.05, 0.1) is 18.1 Å². The monoisotopic (exact) mass is 371 g/mol. The summed E-state index contributed by atoms with van der Waals surface area (Å²) in [6, 6.07) is 6.82. The molecular formula is C16H22ClN3O3S. The molecule has 0 saturated carbocycles. The number of rotatable bonds is 8. The number of nitrogens with zero attached hydrogens (tertiary/aromatic N) is 1. The van der Waals surface area contributed by atoms with Gasteiger partial charge >= 0.3 is 0 Å². The summed E-state index contributed by atoms with van der Waals surface area (Å²) in [6.45, 7) is 3.72. The van der Waals surface area contributed by atoms with Crippen molar-refractivity contribution >= 4 is 46.8 Å². The van der Waals surface area contributed by atoms with Gasteiger partial charge in [0.15, 0.2) is 0 Å². The molecule has 0 aliphatic carbocycles. The van der Waals surface area contributed by atoms with Gasteiger partial charge in [-0.3, -0.25) is 14.4 Å². The summed E-state index contributed by atoms with van der Waals surface area (Å²) in [4.78, 5) is 36.7. The molecule has 0 fully saturated rings. The van der Waals surface area contributed by atoms with E-state index in [-0.39, 0.29) is 41.8 Å². The van der Waals surface area contributed by atoms with Gasteiger partial charge in [0.1, 0.15) is 0 Å². The third-order valence-electron chi connectivity index (χ3n) is 2.84. The van der Waals surface area contributed by atoms with E-state index >= 15 is 0 Å². The molecule has 8 heteroatoms. The van der Waals surface area contributed by atoms with Crippen LogP contribution >= 0.6 is 23.4 Å². The van der Waals surface area contributed by atoms with Crippen molar-refractivity contribution in [3.8, 4) is 0 Å². The van der Waals surface area contributed by atoms with Crippen molar-refractivity contribution < 1.29 is 14.4 Å². The van der Waals surface area contributed by atoms with E-state index in [2.05, 4.69) is 10.6 Å². The SMILES string of the molecule is CC(C)NC(=O)CN(C)C(=O)CSCC(=O)Nc1ccc(Cl)cc1. The average Bonchev–Trinajstić information content (AvgIpc) is 2.48. The highest BCUT2D eigenvalue weighted by atomic mass is 35.5. The van der Waals surface area contributed by atoms with E-state index in [0.29, 0.717) is 10.7 Å². The predicted molar refractivity (Wildman–Crippen MR) is 98.3 cm³/mol. The summed E-state index contributed by atoms with van der Waals surface area (Å²) < 4.78 is 0. The van der Waals surface area contributed by atoms with E-state index in [9.17, 15) is 14.4 Å². The van der Waals surface area contributed by atoms with Gasteiger partial charge in [0.25, 0.3) is 0 Å². The summed E-state index contributed by atoms with van der Waals surface area (Å²) in [5.74, 6) is -0.306. The van der Waals surface area contributed by atoms with Crippen LogP contribution in [-0.4, -0.2) is 53.8 Å². The highest BCUT2D eigenvalue weighted by Crippen LogP contribution is 2.13. The molecule has 132 valence electrons. The molecule has 0 bridgehead atoms. The minimum absolute atomic E-state index is 0.00848. The molecule has 0 radical (unpaired) electrons. The largest absolute Gasteiger partial charge is 0.352 e. The van der Waals surface area contributed by atoms with Gasteiger partial charge in [-0.05, 0) is 38.1 Å². The number of hydrogen-bond acceptors (Lipinski definition) is 4. The van der Waals surface area contributed by atoms with Gasteiger partial charge < -0.3 is 15.5 Å². The van der Waals surface area contributed by atoms with E-state index in [1.54, 1.807) is 31.3 Å². The van der Waals surface area contributed by atoms with Crippen molar-refractivity contribution in [2.75, 3.05) is 30.4 Å². The number of anilines is 1. The van der Waals surface area contributed by atoms with Crippen LogP contribution in [0.4, 0.5) is 5.69 Å². The molecule has 1 aromatic carbocycles. The van der Waals surface area contributed by atoms with Crippen LogP contribution in [-0.2, 0) is 14.4 Å². The highest BCUT2D eigenvalue weighted by Gasteiger charge is 2.14. The molecule has 1 aromatic rings. The molecule has 3 amide bonds. The van der Waals surface area contributed by atoms with Crippen LogP contribution in [0.15, 0.2) is 24.3 Å². The average molecular weight is 372 g/mol. The van der Waals surface area contributed by atoms with Crippen molar-refractivity contribution in [1.82, 2.24) is 10.2 Å². The van der Waals surface area contributed by atoms with Crippen molar-refractivity contribution in [3.05, 3.63) is 29.3 Å². The Kier molecular flexibility index (Phi) is 8.63. The third kappa shape index (κ3) is 8.21. The van der Waals surface area contributed by atoms with E-state index in [1.165, 1.54) is 16.7 Å². The zero-order valence-electron chi connectivity index (χ0n) is 14.0. The summed E-state index contributed by atoms with van der Waals surface area (Å²) >= 11 is 6.97. The molecule has 0 aliphatic rings. The normalized spacial score (nSPS) is 10.4. The third-order valence-corrected chi connectivity index (χ3v) is 4.01. The molecule has 2 N–H and O–H groups in total. The van der Waals surface area contributed by atoms with E-state index < -0.39 is 0 Å². The Morgan fingerprint density at radius 3 is 2.33 bits per heavy atom. The fourth-order valence-corrected chi connectivity index (χ4v) is 2.62. The van der Waals surface area contributed by atoms with Crippen molar-refractivity contribution in [3.63, 3.8) is 0 Å². The number of likely N-dealkylation sites (N-methyl/N-ethyl adjacent to an activating group) is 1. The van der Waals surface area contributed by atoms with Gasteiger partial charge in [-0.25, -0.2) is 0 Å². The van der Waals surface area contributed by atoms with Crippen LogP contribution in [0.5, 0.6) is 0 Å². The van der Waals surface area contributed by atoms with Crippen LogP contribution in [0.1, 0.15) is 13.8 Å². The Morgan fingerprint density at radius 2 is 1.75 bits per heavy atom. The second kappa shape index (κ2) is 10.2. The topological polar surface area (TPSA) is 78.5 Å². The van der Waals surface area contributed by atoms with Gasteiger partial charge in [0.2, 0.25) is 17.7 Å². The molecule has 0 aliphatic heterocycles. The second-order valence-electron chi connectivity index (χ2n) is 5.52. The number of halogens is 1. The number of amides is 3. The minimum Gasteiger partial charge on any atom is -0.352 e. The van der Waals surface area contributed by atoms with E-state index in [4.69, 9.17) is 11.6 Å². The Hall–Kier alpha value is -1.73. The summed E-state index contributed by atoms with van der Waals surface area (Å²) in [7, 11) is 1.57. The predicted octanol–water partition coefficient (Wildman–Crippen LogP) is 1.99. The van der Waals surface area contributed by atoms with Crippen LogP contribution in [0.25, 0.3) is 0 Å². The quantitative estimate of drug-likeness (QED) is 0.732. The first-order valence-corrected chi connectivity index (χ1v) is 8.97. The molecule has 0 atom stereocenters. The molecule has 0 heterocycles. The number of benzene rings is 1. The van der Waals surface area contributed by atoms with Crippen LogP contribution in [0.2, 0.25) is 5.02 Å². The minimum atomic E-state index is -0.202. The Labute approximate surface area is 151 Å². The smallest absolute Gasteiger partial charge is 0.239 e. The van der Waals surface area contributed by atoms with Crippen molar-refractivity contribution in [2.45, 2.75) is 19.9 Å².